The minimum Gasteiger partial charge on any atom is -0.480 e. The molecule has 0 aromatic carbocycles. The Morgan fingerprint density at radius 2 is 1.94 bits per heavy atom. The number of carboxylic acids is 1. The second-order valence-corrected chi connectivity index (χ2v) is 4.96. The maximum Gasteiger partial charge on any atom is 0.317 e. The van der Waals surface area contributed by atoms with Gasteiger partial charge >= 0.3 is 5.97 Å². The minimum absolute atomic E-state index is 0.179. The average molecular weight is 242 g/mol. The Kier molecular flexibility index (Phi) is 5.92. The van der Waals surface area contributed by atoms with Crippen molar-refractivity contribution in [2.75, 3.05) is 13.1 Å². The van der Waals surface area contributed by atoms with E-state index in [1.165, 1.54) is 12.8 Å². The number of carbonyl (C=O) groups is 1. The molecule has 1 aliphatic rings. The topological polar surface area (TPSA) is 52.6 Å². The minimum atomic E-state index is -0.719. The SMILES string of the molecule is CCC(CC)NC1CC(N(CC)CC(=O)O)C1. The molecule has 1 aliphatic carbocycles. The standard InChI is InChI=1S/C13H26N2O2/c1-4-10(5-2)14-11-7-12(8-11)15(6-3)9-13(16)17/h10-12,14H,4-9H2,1-3H3,(H,16,17). The van der Waals surface area contributed by atoms with Gasteiger partial charge in [-0.2, -0.15) is 0 Å². The molecule has 0 radical (unpaired) electrons. The first-order valence-corrected chi connectivity index (χ1v) is 6.82. The number of likely N-dealkylation sites (N-methyl/N-ethyl adjacent to an activating group) is 1. The van der Waals surface area contributed by atoms with E-state index < -0.39 is 5.97 Å². The van der Waals surface area contributed by atoms with Gasteiger partial charge in [-0.05, 0) is 32.2 Å². The van der Waals surface area contributed by atoms with Crippen LogP contribution in [-0.2, 0) is 4.79 Å². The van der Waals surface area contributed by atoms with Crippen LogP contribution in [0.1, 0.15) is 46.5 Å². The summed E-state index contributed by atoms with van der Waals surface area (Å²) in [6, 6.07) is 1.67. The van der Waals surface area contributed by atoms with Crippen LogP contribution in [0.2, 0.25) is 0 Å². The summed E-state index contributed by atoms with van der Waals surface area (Å²) < 4.78 is 0. The lowest BCUT2D eigenvalue weighted by Gasteiger charge is -2.43. The highest BCUT2D eigenvalue weighted by atomic mass is 16.4. The van der Waals surface area contributed by atoms with E-state index in [4.69, 9.17) is 5.11 Å². The zero-order chi connectivity index (χ0) is 12.8. The lowest BCUT2D eigenvalue weighted by Crippen LogP contribution is -2.55. The van der Waals surface area contributed by atoms with E-state index in [-0.39, 0.29) is 6.54 Å². The second kappa shape index (κ2) is 6.97. The Morgan fingerprint density at radius 1 is 1.35 bits per heavy atom. The molecule has 0 bridgehead atoms. The molecule has 0 saturated heterocycles. The zero-order valence-electron chi connectivity index (χ0n) is 11.3. The summed E-state index contributed by atoms with van der Waals surface area (Å²) in [6.07, 6.45) is 4.53. The van der Waals surface area contributed by atoms with Crippen LogP contribution < -0.4 is 5.32 Å². The van der Waals surface area contributed by atoms with Gasteiger partial charge < -0.3 is 10.4 Å². The third-order valence-corrected chi connectivity index (χ3v) is 3.83. The number of hydrogen-bond donors (Lipinski definition) is 2. The third-order valence-electron chi connectivity index (χ3n) is 3.83. The Balaban J connectivity index is 2.27. The van der Waals surface area contributed by atoms with Crippen LogP contribution >= 0.6 is 0 Å². The number of rotatable bonds is 8. The number of nitrogens with one attached hydrogen (secondary N) is 1. The summed E-state index contributed by atoms with van der Waals surface area (Å²) in [5.41, 5.74) is 0. The van der Waals surface area contributed by atoms with Crippen molar-refractivity contribution >= 4 is 5.97 Å². The summed E-state index contributed by atoms with van der Waals surface area (Å²) in [4.78, 5) is 12.8. The molecule has 0 spiro atoms. The normalized spacial score (nSPS) is 24.1. The van der Waals surface area contributed by atoms with Crippen molar-refractivity contribution < 1.29 is 9.90 Å². The molecule has 0 aromatic heterocycles. The molecule has 0 unspecified atom stereocenters. The Bertz CT molecular complexity index is 236. The fourth-order valence-corrected chi connectivity index (χ4v) is 2.55. The summed E-state index contributed by atoms with van der Waals surface area (Å²) in [5, 5.41) is 12.5. The van der Waals surface area contributed by atoms with Gasteiger partial charge in [-0.15, -0.1) is 0 Å². The highest BCUT2D eigenvalue weighted by molar-refractivity contribution is 5.69. The van der Waals surface area contributed by atoms with E-state index in [1.54, 1.807) is 0 Å². The zero-order valence-corrected chi connectivity index (χ0v) is 11.3. The van der Waals surface area contributed by atoms with Crippen LogP contribution in [0, 0.1) is 0 Å². The van der Waals surface area contributed by atoms with Crippen LogP contribution in [0.4, 0.5) is 0 Å². The molecule has 4 heteroatoms. The first-order chi connectivity index (χ1) is 8.10. The molecule has 0 amide bonds. The van der Waals surface area contributed by atoms with Gasteiger partial charge in [0.1, 0.15) is 0 Å². The Hall–Kier alpha value is -0.610. The van der Waals surface area contributed by atoms with Crippen LogP contribution in [0.3, 0.4) is 0 Å². The van der Waals surface area contributed by atoms with Crippen molar-refractivity contribution in [3.63, 3.8) is 0 Å². The summed E-state index contributed by atoms with van der Waals surface area (Å²) in [7, 11) is 0. The van der Waals surface area contributed by atoms with Gasteiger partial charge in [0.25, 0.3) is 0 Å². The van der Waals surface area contributed by atoms with Gasteiger partial charge in [-0.1, -0.05) is 20.8 Å². The van der Waals surface area contributed by atoms with E-state index in [1.807, 2.05) is 6.92 Å². The maximum absolute atomic E-state index is 10.7. The van der Waals surface area contributed by atoms with Crippen LogP contribution in [0.15, 0.2) is 0 Å². The van der Waals surface area contributed by atoms with E-state index in [9.17, 15) is 4.79 Å². The quantitative estimate of drug-likeness (QED) is 0.680. The summed E-state index contributed by atoms with van der Waals surface area (Å²) >= 11 is 0. The van der Waals surface area contributed by atoms with E-state index in [0.717, 1.165) is 19.4 Å². The van der Waals surface area contributed by atoms with Gasteiger partial charge in [0.2, 0.25) is 0 Å². The number of nitrogens with zero attached hydrogens (tertiary/aromatic N) is 1. The fraction of sp³-hybridized carbons (Fsp3) is 0.923. The third kappa shape index (κ3) is 4.28. The predicted octanol–water partition coefficient (Wildman–Crippen LogP) is 1.70. The fourth-order valence-electron chi connectivity index (χ4n) is 2.55. The molecule has 1 rings (SSSR count). The molecule has 0 aliphatic heterocycles. The van der Waals surface area contributed by atoms with Crippen LogP contribution in [0.5, 0.6) is 0 Å². The monoisotopic (exact) mass is 242 g/mol. The molecular formula is C13H26N2O2. The molecular weight excluding hydrogens is 216 g/mol. The van der Waals surface area contributed by atoms with Crippen LogP contribution in [0.25, 0.3) is 0 Å². The van der Waals surface area contributed by atoms with Crippen molar-refractivity contribution in [3.05, 3.63) is 0 Å². The molecule has 0 atom stereocenters. The smallest absolute Gasteiger partial charge is 0.317 e. The van der Waals surface area contributed by atoms with Gasteiger partial charge in [0.15, 0.2) is 0 Å². The van der Waals surface area contributed by atoms with Crippen LogP contribution in [-0.4, -0.2) is 47.2 Å². The van der Waals surface area contributed by atoms with Crippen molar-refractivity contribution in [1.29, 1.82) is 0 Å². The first-order valence-electron chi connectivity index (χ1n) is 6.82. The van der Waals surface area contributed by atoms with E-state index in [2.05, 4.69) is 24.1 Å². The van der Waals surface area contributed by atoms with Crippen molar-refractivity contribution in [3.8, 4) is 0 Å². The summed E-state index contributed by atoms with van der Waals surface area (Å²) in [6.45, 7) is 7.46. The largest absolute Gasteiger partial charge is 0.480 e. The van der Waals surface area contributed by atoms with Crippen molar-refractivity contribution in [2.24, 2.45) is 0 Å². The number of hydrogen-bond acceptors (Lipinski definition) is 3. The average Bonchev–Trinajstić information content (AvgIpc) is 2.25. The number of carboxylic acid groups (broad SMARTS) is 1. The molecule has 0 heterocycles. The van der Waals surface area contributed by atoms with Crippen molar-refractivity contribution in [1.82, 2.24) is 10.2 Å². The van der Waals surface area contributed by atoms with E-state index in [0.29, 0.717) is 18.1 Å². The molecule has 1 fully saturated rings. The second-order valence-electron chi connectivity index (χ2n) is 4.96. The lowest BCUT2D eigenvalue weighted by atomic mass is 9.84. The highest BCUT2D eigenvalue weighted by Gasteiger charge is 2.34. The predicted molar refractivity (Wildman–Crippen MR) is 69.2 cm³/mol. The Morgan fingerprint density at radius 3 is 2.35 bits per heavy atom. The van der Waals surface area contributed by atoms with Gasteiger partial charge in [-0.3, -0.25) is 9.69 Å². The van der Waals surface area contributed by atoms with Crippen molar-refractivity contribution in [2.45, 2.75) is 64.6 Å². The highest BCUT2D eigenvalue weighted by Crippen LogP contribution is 2.26. The summed E-state index contributed by atoms with van der Waals surface area (Å²) in [5.74, 6) is -0.719. The molecule has 1 saturated carbocycles. The van der Waals surface area contributed by atoms with E-state index >= 15 is 0 Å². The maximum atomic E-state index is 10.7. The molecule has 4 nitrogen and oxygen atoms in total. The van der Waals surface area contributed by atoms with Gasteiger partial charge in [-0.25, -0.2) is 0 Å². The first kappa shape index (κ1) is 14.5. The molecule has 100 valence electrons. The molecule has 2 N–H and O–H groups in total. The van der Waals surface area contributed by atoms with Gasteiger partial charge in [0.05, 0.1) is 6.54 Å². The lowest BCUT2D eigenvalue weighted by molar-refractivity contribution is -0.139. The Labute approximate surface area is 104 Å². The molecule has 17 heavy (non-hydrogen) atoms. The molecule has 0 aromatic rings. The number of aliphatic carboxylic acids is 1. The van der Waals surface area contributed by atoms with Gasteiger partial charge in [0, 0.05) is 18.1 Å².